The number of hydrogen-bond acceptors (Lipinski definition) is 6. The van der Waals surface area contributed by atoms with E-state index in [0.29, 0.717) is 34.9 Å². The molecule has 3 aromatic rings. The molecule has 0 unspecified atom stereocenters. The number of carbonyl (C=O) groups excluding carboxylic acids is 2. The van der Waals surface area contributed by atoms with E-state index in [-0.39, 0.29) is 17.2 Å². The number of pyridine rings is 1. The average Bonchev–Trinajstić information content (AvgIpc) is 3.16. The molecule has 2 aromatic heterocycles. The van der Waals surface area contributed by atoms with Crippen LogP contribution in [0.15, 0.2) is 42.6 Å². The van der Waals surface area contributed by atoms with Crippen LogP contribution in [0.25, 0.3) is 11.3 Å². The second-order valence-corrected chi connectivity index (χ2v) is 8.22. The summed E-state index contributed by atoms with van der Waals surface area (Å²) in [4.78, 5) is 46.3. The van der Waals surface area contributed by atoms with Crippen LogP contribution in [-0.4, -0.2) is 49.1 Å². The summed E-state index contributed by atoms with van der Waals surface area (Å²) < 4.78 is 1.06. The van der Waals surface area contributed by atoms with Gasteiger partial charge in [-0.2, -0.15) is 0 Å². The fraction of sp³-hybridized carbons (Fsp3) is 0.227. The Hall–Kier alpha value is -4.12. The van der Waals surface area contributed by atoms with Crippen molar-refractivity contribution >= 4 is 35.3 Å². The van der Waals surface area contributed by atoms with Crippen LogP contribution < -0.4 is 16.9 Å². The molecule has 1 aliphatic rings. The van der Waals surface area contributed by atoms with Gasteiger partial charge in [-0.1, -0.05) is 23.7 Å². The van der Waals surface area contributed by atoms with Gasteiger partial charge in [-0.3, -0.25) is 14.5 Å². The highest BCUT2D eigenvalue weighted by atomic mass is 35.5. The van der Waals surface area contributed by atoms with Gasteiger partial charge in [0.1, 0.15) is 11.5 Å². The summed E-state index contributed by atoms with van der Waals surface area (Å²) in [5.74, 6) is 5.50. The predicted octanol–water partition coefficient (Wildman–Crippen LogP) is 2.87. The third-order valence-electron chi connectivity index (χ3n) is 5.60. The maximum Gasteiger partial charge on any atom is 0.407 e. The standard InChI is InChI=1S/C22H22ClN7O4/c23-14-8-9-26-16(11-14)27-21(32)13-6-4-12(5-7-13)17-18(19(24)31)30(25)20(28-17)15-3-1-2-10-29(15)22(33)34/h4-9,11,15H,1-3,10,25H2,(H2,24,31)(H,33,34)(H,26,27,32)/t15-/m0/s1. The smallest absolute Gasteiger partial charge is 0.407 e. The maximum absolute atomic E-state index is 12.5. The molecule has 0 saturated carbocycles. The number of imidazole rings is 1. The first-order chi connectivity index (χ1) is 16.3. The summed E-state index contributed by atoms with van der Waals surface area (Å²) >= 11 is 5.92. The minimum Gasteiger partial charge on any atom is -0.465 e. The molecular weight excluding hydrogens is 462 g/mol. The van der Waals surface area contributed by atoms with E-state index in [1.165, 1.54) is 17.2 Å². The number of aromatic nitrogens is 3. The van der Waals surface area contributed by atoms with Gasteiger partial charge in [0.25, 0.3) is 11.8 Å². The van der Waals surface area contributed by atoms with Crippen molar-refractivity contribution in [2.45, 2.75) is 25.3 Å². The second kappa shape index (κ2) is 9.40. The maximum atomic E-state index is 12.5. The van der Waals surface area contributed by atoms with Crippen molar-refractivity contribution in [3.63, 3.8) is 0 Å². The summed E-state index contributed by atoms with van der Waals surface area (Å²) in [6, 6.07) is 8.84. The van der Waals surface area contributed by atoms with Crippen LogP contribution in [0, 0.1) is 0 Å². The molecule has 0 aliphatic carbocycles. The van der Waals surface area contributed by atoms with Gasteiger partial charge in [-0.15, -0.1) is 0 Å². The Morgan fingerprint density at radius 2 is 1.88 bits per heavy atom. The molecule has 1 aromatic carbocycles. The van der Waals surface area contributed by atoms with Gasteiger partial charge in [-0.05, 0) is 43.5 Å². The Bertz CT molecular complexity index is 1260. The normalized spacial score (nSPS) is 15.7. The molecule has 12 heteroatoms. The van der Waals surface area contributed by atoms with E-state index in [9.17, 15) is 19.5 Å². The minimum atomic E-state index is -1.08. The molecule has 6 N–H and O–H groups in total. The highest BCUT2D eigenvalue weighted by Crippen LogP contribution is 2.33. The van der Waals surface area contributed by atoms with E-state index < -0.39 is 23.9 Å². The molecule has 3 amide bonds. The number of carbonyl (C=O) groups is 3. The van der Waals surface area contributed by atoms with Crippen LogP contribution in [0.2, 0.25) is 5.02 Å². The van der Waals surface area contributed by atoms with Crippen LogP contribution in [-0.2, 0) is 0 Å². The predicted molar refractivity (Wildman–Crippen MR) is 125 cm³/mol. The Balaban J connectivity index is 1.65. The Morgan fingerprint density at radius 3 is 2.53 bits per heavy atom. The molecule has 1 fully saturated rings. The number of halogens is 1. The lowest BCUT2D eigenvalue weighted by Gasteiger charge is -2.32. The van der Waals surface area contributed by atoms with Crippen LogP contribution in [0.1, 0.15) is 52.0 Å². The van der Waals surface area contributed by atoms with Gasteiger partial charge in [-0.25, -0.2) is 19.4 Å². The molecule has 0 radical (unpaired) electrons. The number of anilines is 1. The number of primary amides is 1. The Labute approximate surface area is 199 Å². The zero-order valence-electron chi connectivity index (χ0n) is 17.9. The number of piperidine rings is 1. The number of nitrogen functional groups attached to an aromatic ring is 1. The van der Waals surface area contributed by atoms with E-state index in [1.807, 2.05) is 0 Å². The number of rotatable bonds is 5. The summed E-state index contributed by atoms with van der Waals surface area (Å²) in [7, 11) is 0. The minimum absolute atomic E-state index is 0.0498. The van der Waals surface area contributed by atoms with Gasteiger partial charge in [0.05, 0.1) is 6.04 Å². The molecule has 34 heavy (non-hydrogen) atoms. The molecule has 0 spiro atoms. The molecule has 0 bridgehead atoms. The molecule has 11 nitrogen and oxygen atoms in total. The van der Waals surface area contributed by atoms with E-state index in [1.54, 1.807) is 30.3 Å². The number of nitrogens with zero attached hydrogens (tertiary/aromatic N) is 4. The number of hydrogen-bond donors (Lipinski definition) is 4. The number of amides is 3. The van der Waals surface area contributed by atoms with Gasteiger partial charge >= 0.3 is 6.09 Å². The van der Waals surface area contributed by atoms with Gasteiger partial charge in [0.15, 0.2) is 11.5 Å². The largest absolute Gasteiger partial charge is 0.465 e. The van der Waals surface area contributed by atoms with Gasteiger partial charge < -0.3 is 22.0 Å². The monoisotopic (exact) mass is 483 g/mol. The van der Waals surface area contributed by atoms with Crippen LogP contribution in [0.5, 0.6) is 0 Å². The van der Waals surface area contributed by atoms with Crippen molar-refractivity contribution in [1.82, 2.24) is 19.5 Å². The first-order valence-corrected chi connectivity index (χ1v) is 10.8. The van der Waals surface area contributed by atoms with Crippen molar-refractivity contribution in [3.8, 4) is 11.3 Å². The number of nitrogens with two attached hydrogens (primary N) is 2. The fourth-order valence-corrected chi connectivity index (χ4v) is 4.15. The molecular formula is C22H22ClN7O4. The van der Waals surface area contributed by atoms with Gasteiger partial charge in [0.2, 0.25) is 0 Å². The highest BCUT2D eigenvalue weighted by molar-refractivity contribution is 6.30. The third kappa shape index (κ3) is 4.50. The average molecular weight is 484 g/mol. The number of benzene rings is 1. The van der Waals surface area contributed by atoms with Crippen LogP contribution >= 0.6 is 11.6 Å². The number of carboxylic acid groups (broad SMARTS) is 1. The molecule has 3 heterocycles. The lowest BCUT2D eigenvalue weighted by Crippen LogP contribution is -2.39. The van der Waals surface area contributed by atoms with Crippen molar-refractivity contribution in [2.24, 2.45) is 5.73 Å². The summed E-state index contributed by atoms with van der Waals surface area (Å²) in [5, 5.41) is 12.7. The van der Waals surface area contributed by atoms with Crippen molar-refractivity contribution in [3.05, 3.63) is 64.7 Å². The first kappa shape index (κ1) is 23.1. The molecule has 176 valence electrons. The lowest BCUT2D eigenvalue weighted by atomic mass is 10.0. The Kier molecular flexibility index (Phi) is 6.37. The molecule has 4 rings (SSSR count). The molecule has 1 saturated heterocycles. The SMILES string of the molecule is NC(=O)c1c(-c2ccc(C(=O)Nc3cc(Cl)ccn3)cc2)nc([C@@H]2CCCCN2C(=O)O)n1N. The van der Waals surface area contributed by atoms with Crippen LogP contribution in [0.3, 0.4) is 0 Å². The zero-order chi connectivity index (χ0) is 24.4. The van der Waals surface area contributed by atoms with Crippen molar-refractivity contribution < 1.29 is 19.5 Å². The van der Waals surface area contributed by atoms with Crippen molar-refractivity contribution in [2.75, 3.05) is 17.7 Å². The topological polar surface area (TPSA) is 169 Å². The molecule has 1 aliphatic heterocycles. The molecule has 1 atom stereocenters. The first-order valence-electron chi connectivity index (χ1n) is 10.5. The van der Waals surface area contributed by atoms with Gasteiger partial charge in [0, 0.05) is 28.9 Å². The number of likely N-dealkylation sites (tertiary alicyclic amines) is 1. The van der Waals surface area contributed by atoms with E-state index in [2.05, 4.69) is 15.3 Å². The highest BCUT2D eigenvalue weighted by Gasteiger charge is 2.34. The zero-order valence-corrected chi connectivity index (χ0v) is 18.7. The second-order valence-electron chi connectivity index (χ2n) is 7.78. The van der Waals surface area contributed by atoms with E-state index in [0.717, 1.165) is 17.5 Å². The van der Waals surface area contributed by atoms with E-state index >= 15 is 0 Å². The fourth-order valence-electron chi connectivity index (χ4n) is 3.99. The summed E-state index contributed by atoms with van der Waals surface area (Å²) in [6.45, 7) is 0.347. The number of nitrogens with one attached hydrogen (secondary N) is 1. The van der Waals surface area contributed by atoms with Crippen molar-refractivity contribution in [1.29, 1.82) is 0 Å². The van der Waals surface area contributed by atoms with E-state index in [4.69, 9.17) is 23.2 Å². The lowest BCUT2D eigenvalue weighted by molar-refractivity contribution is 0.0986. The van der Waals surface area contributed by atoms with Crippen LogP contribution in [0.4, 0.5) is 10.6 Å². The third-order valence-corrected chi connectivity index (χ3v) is 5.84. The summed E-state index contributed by atoms with van der Waals surface area (Å²) in [5.41, 5.74) is 6.57. The summed E-state index contributed by atoms with van der Waals surface area (Å²) in [6.07, 6.45) is 2.45. The Morgan fingerprint density at radius 1 is 1.15 bits per heavy atom. The quantitative estimate of drug-likeness (QED) is 0.404.